The molecule has 1 aliphatic carbocycles. The highest BCUT2D eigenvalue weighted by molar-refractivity contribution is 6.03. The van der Waals surface area contributed by atoms with Gasteiger partial charge in [0.05, 0.1) is 6.42 Å². The quantitative estimate of drug-likeness (QED) is 0.708. The molecule has 0 aliphatic heterocycles. The van der Waals surface area contributed by atoms with E-state index in [2.05, 4.69) is 5.32 Å². The lowest BCUT2D eigenvalue weighted by Gasteiger charge is -2.14. The predicted octanol–water partition coefficient (Wildman–Crippen LogP) is 1.88. The van der Waals surface area contributed by atoms with E-state index in [0.29, 0.717) is 23.2 Å². The largest absolute Gasteiger partial charge is 0.370 e. The van der Waals surface area contributed by atoms with E-state index in [1.807, 2.05) is 12.1 Å². The van der Waals surface area contributed by atoms with Crippen molar-refractivity contribution < 1.29 is 14.4 Å². The number of hydrogen-bond acceptors (Lipinski definition) is 3. The summed E-state index contributed by atoms with van der Waals surface area (Å²) in [6, 6.07) is 14.0. The van der Waals surface area contributed by atoms with Gasteiger partial charge in [-0.2, -0.15) is 0 Å². The molecule has 1 saturated carbocycles. The molecule has 1 radical (unpaired) electrons. The van der Waals surface area contributed by atoms with Crippen molar-refractivity contribution in [1.29, 1.82) is 0 Å². The Bertz CT molecular complexity index is 855. The molecule has 1 fully saturated rings. The number of carbonyl (C=O) groups excluding carboxylic acids is 3. The second-order valence-electron chi connectivity index (χ2n) is 6.59. The molecular weight excluding hydrogens is 330 g/mol. The Morgan fingerprint density at radius 3 is 2.23 bits per heavy atom. The van der Waals surface area contributed by atoms with Gasteiger partial charge in [0, 0.05) is 23.1 Å². The van der Waals surface area contributed by atoms with Crippen LogP contribution in [0.3, 0.4) is 0 Å². The third kappa shape index (κ3) is 3.91. The lowest BCUT2D eigenvalue weighted by Crippen LogP contribution is -2.20. The summed E-state index contributed by atoms with van der Waals surface area (Å²) in [7, 11) is 0. The first kappa shape index (κ1) is 17.7. The van der Waals surface area contributed by atoms with E-state index in [0.717, 1.165) is 18.4 Å². The molecule has 0 saturated heterocycles. The minimum atomic E-state index is -0.585. The van der Waals surface area contributed by atoms with Gasteiger partial charge in [0.2, 0.25) is 17.7 Å². The second-order valence-corrected chi connectivity index (χ2v) is 6.59. The third-order valence-electron chi connectivity index (χ3n) is 4.64. The van der Waals surface area contributed by atoms with Crippen molar-refractivity contribution in [2.75, 3.05) is 5.32 Å². The van der Waals surface area contributed by atoms with E-state index >= 15 is 0 Å². The molecule has 2 aromatic carbocycles. The number of amides is 3. The van der Waals surface area contributed by atoms with Crippen molar-refractivity contribution in [3.63, 3.8) is 0 Å². The van der Waals surface area contributed by atoms with Crippen LogP contribution in [0.25, 0.3) is 0 Å². The summed E-state index contributed by atoms with van der Waals surface area (Å²) in [5.41, 5.74) is 12.9. The molecule has 0 atom stereocenters. The van der Waals surface area contributed by atoms with Gasteiger partial charge in [-0.3, -0.25) is 14.4 Å². The zero-order valence-corrected chi connectivity index (χ0v) is 14.2. The Morgan fingerprint density at radius 2 is 1.65 bits per heavy atom. The average Bonchev–Trinajstić information content (AvgIpc) is 3.35. The topological polar surface area (TPSA) is 115 Å². The van der Waals surface area contributed by atoms with Crippen molar-refractivity contribution in [2.45, 2.75) is 24.7 Å². The average molecular weight is 350 g/mol. The van der Waals surface area contributed by atoms with Crippen LogP contribution in [0.2, 0.25) is 0 Å². The number of nitrogens with one attached hydrogen (secondary N) is 1. The van der Waals surface area contributed by atoms with Gasteiger partial charge in [0.1, 0.15) is 0 Å². The van der Waals surface area contributed by atoms with E-state index in [-0.39, 0.29) is 17.2 Å². The SMILES string of the molecule is NC(=O)CC1(c2ccc(NC(=O)[CH]c3ccccc3C(N)=O)cc2)CC1. The molecule has 2 aromatic rings. The fourth-order valence-corrected chi connectivity index (χ4v) is 3.13. The lowest BCUT2D eigenvalue weighted by atomic mass is 9.92. The molecule has 6 heteroatoms. The van der Waals surface area contributed by atoms with Gasteiger partial charge in [-0.15, -0.1) is 0 Å². The van der Waals surface area contributed by atoms with Crippen LogP contribution in [0.5, 0.6) is 0 Å². The monoisotopic (exact) mass is 350 g/mol. The fourth-order valence-electron chi connectivity index (χ4n) is 3.13. The van der Waals surface area contributed by atoms with Crippen LogP contribution in [0.4, 0.5) is 5.69 Å². The van der Waals surface area contributed by atoms with Crippen molar-refractivity contribution in [2.24, 2.45) is 11.5 Å². The van der Waals surface area contributed by atoms with Crippen LogP contribution in [0.1, 0.15) is 40.7 Å². The molecule has 5 N–H and O–H groups in total. The highest BCUT2D eigenvalue weighted by Gasteiger charge is 2.45. The Kier molecular flexibility index (Phi) is 4.75. The molecule has 0 bridgehead atoms. The third-order valence-corrected chi connectivity index (χ3v) is 4.64. The van der Waals surface area contributed by atoms with Crippen LogP contribution in [-0.4, -0.2) is 17.7 Å². The molecule has 0 unspecified atom stereocenters. The van der Waals surface area contributed by atoms with Crippen LogP contribution >= 0.6 is 0 Å². The number of benzene rings is 2. The standard InChI is InChI=1S/C20H20N3O3/c21-17(24)12-20(9-10-20)14-5-7-15(8-6-14)23-18(25)11-13-3-1-2-4-16(13)19(22)26/h1-8,11H,9-10,12H2,(H2,21,24)(H2,22,26)(H,23,25). The first-order valence-electron chi connectivity index (χ1n) is 8.33. The van der Waals surface area contributed by atoms with Crippen LogP contribution in [0.15, 0.2) is 48.5 Å². The molecular formula is C20H20N3O3. The summed E-state index contributed by atoms with van der Waals surface area (Å²) in [6.07, 6.45) is 3.57. The number of nitrogens with two attached hydrogens (primary N) is 2. The molecule has 1 aliphatic rings. The lowest BCUT2D eigenvalue weighted by molar-refractivity contribution is -0.118. The Labute approximate surface area is 151 Å². The van der Waals surface area contributed by atoms with E-state index in [9.17, 15) is 14.4 Å². The van der Waals surface area contributed by atoms with E-state index < -0.39 is 5.91 Å². The fraction of sp³-hybridized carbons (Fsp3) is 0.200. The maximum atomic E-state index is 12.2. The van der Waals surface area contributed by atoms with Crippen molar-refractivity contribution in [3.05, 3.63) is 71.6 Å². The molecule has 26 heavy (non-hydrogen) atoms. The number of hydrogen-bond donors (Lipinski definition) is 3. The summed E-state index contributed by atoms with van der Waals surface area (Å²) < 4.78 is 0. The number of anilines is 1. The van der Waals surface area contributed by atoms with E-state index in [1.54, 1.807) is 36.4 Å². The molecule has 3 amide bonds. The molecule has 6 nitrogen and oxygen atoms in total. The Morgan fingerprint density at radius 1 is 1.00 bits per heavy atom. The van der Waals surface area contributed by atoms with Crippen LogP contribution in [0, 0.1) is 6.42 Å². The van der Waals surface area contributed by atoms with Gasteiger partial charge >= 0.3 is 0 Å². The van der Waals surface area contributed by atoms with Crippen LogP contribution in [-0.2, 0) is 15.0 Å². The maximum Gasteiger partial charge on any atom is 0.249 e. The minimum Gasteiger partial charge on any atom is -0.370 e. The van der Waals surface area contributed by atoms with Gasteiger partial charge in [0.15, 0.2) is 0 Å². The van der Waals surface area contributed by atoms with E-state index in [1.165, 1.54) is 6.42 Å². The summed E-state index contributed by atoms with van der Waals surface area (Å²) in [4.78, 5) is 34.8. The highest BCUT2D eigenvalue weighted by Crippen LogP contribution is 2.50. The molecule has 3 rings (SSSR count). The first-order valence-corrected chi connectivity index (χ1v) is 8.33. The molecule has 133 valence electrons. The Balaban J connectivity index is 1.66. The van der Waals surface area contributed by atoms with Crippen molar-refractivity contribution in [3.8, 4) is 0 Å². The second kappa shape index (κ2) is 7.00. The van der Waals surface area contributed by atoms with E-state index in [4.69, 9.17) is 11.5 Å². The van der Waals surface area contributed by atoms with Crippen molar-refractivity contribution >= 4 is 23.4 Å². The predicted molar refractivity (Wildman–Crippen MR) is 98.2 cm³/mol. The smallest absolute Gasteiger partial charge is 0.249 e. The summed E-state index contributed by atoms with van der Waals surface area (Å²) in [6.45, 7) is 0. The number of rotatable bonds is 7. The summed E-state index contributed by atoms with van der Waals surface area (Å²) in [5.74, 6) is -1.24. The Hall–Kier alpha value is -3.15. The number of primary amides is 2. The highest BCUT2D eigenvalue weighted by atomic mass is 16.2. The van der Waals surface area contributed by atoms with Gasteiger partial charge in [-0.05, 0) is 42.2 Å². The maximum absolute atomic E-state index is 12.2. The molecule has 0 aromatic heterocycles. The minimum absolute atomic E-state index is 0.138. The molecule has 0 heterocycles. The zero-order chi connectivity index (χ0) is 18.7. The summed E-state index contributed by atoms with van der Waals surface area (Å²) >= 11 is 0. The zero-order valence-electron chi connectivity index (χ0n) is 14.2. The number of carbonyl (C=O) groups is 3. The molecule has 0 spiro atoms. The van der Waals surface area contributed by atoms with Gasteiger partial charge in [-0.1, -0.05) is 30.3 Å². The van der Waals surface area contributed by atoms with Crippen LogP contribution < -0.4 is 16.8 Å². The summed E-state index contributed by atoms with van der Waals surface area (Å²) in [5, 5.41) is 2.76. The normalized spacial score (nSPS) is 14.5. The van der Waals surface area contributed by atoms with Gasteiger partial charge in [-0.25, -0.2) is 0 Å². The first-order chi connectivity index (χ1) is 12.4. The van der Waals surface area contributed by atoms with Gasteiger partial charge in [0.25, 0.3) is 0 Å². The van der Waals surface area contributed by atoms with Gasteiger partial charge < -0.3 is 16.8 Å². The van der Waals surface area contributed by atoms with Crippen molar-refractivity contribution in [1.82, 2.24) is 0 Å².